The minimum absolute atomic E-state index is 0.171. The van der Waals surface area contributed by atoms with Crippen LogP contribution in [0.3, 0.4) is 0 Å². The van der Waals surface area contributed by atoms with Crippen molar-refractivity contribution in [2.75, 3.05) is 45.2 Å². The smallest absolute Gasteiger partial charge is 0.253 e. The van der Waals surface area contributed by atoms with Gasteiger partial charge in [0.1, 0.15) is 11.6 Å². The van der Waals surface area contributed by atoms with E-state index in [0.29, 0.717) is 5.92 Å². The predicted molar refractivity (Wildman–Crippen MR) is 112 cm³/mol. The van der Waals surface area contributed by atoms with Crippen molar-refractivity contribution in [2.45, 2.75) is 44.7 Å². The summed E-state index contributed by atoms with van der Waals surface area (Å²) in [4.78, 5) is 19.7. The van der Waals surface area contributed by atoms with Crippen LogP contribution in [0.5, 0.6) is 0 Å². The van der Waals surface area contributed by atoms with Crippen molar-refractivity contribution in [1.29, 1.82) is 0 Å². The Morgan fingerprint density at radius 2 is 1.86 bits per heavy atom. The van der Waals surface area contributed by atoms with Crippen LogP contribution in [0.1, 0.15) is 52.8 Å². The van der Waals surface area contributed by atoms with E-state index in [-0.39, 0.29) is 5.91 Å². The van der Waals surface area contributed by atoms with Crippen molar-refractivity contribution in [3.05, 3.63) is 41.0 Å². The fourth-order valence-corrected chi connectivity index (χ4v) is 5.04. The van der Waals surface area contributed by atoms with Gasteiger partial charge in [0.25, 0.3) is 5.91 Å². The molecular weight excluding hydrogens is 364 g/mol. The van der Waals surface area contributed by atoms with Gasteiger partial charge in [-0.2, -0.15) is 0 Å². The van der Waals surface area contributed by atoms with Crippen LogP contribution in [-0.2, 0) is 19.5 Å². The van der Waals surface area contributed by atoms with Crippen LogP contribution < -0.4 is 4.90 Å². The molecule has 0 radical (unpaired) electrons. The number of hydrogen-bond acceptors (Lipinski definition) is 5. The van der Waals surface area contributed by atoms with Crippen LogP contribution in [0.2, 0.25) is 0 Å². The molecule has 7 nitrogen and oxygen atoms in total. The Kier molecular flexibility index (Phi) is 4.78. The fraction of sp³-hybridized carbons (Fsp3) is 0.591. The molecular formula is C22H30N6O. The standard InChI is InChI=1S/C22H30N6O/c1-25-12-13-28-20(15-25)23-24-21(28)16-7-10-27(11-8-16)22(29)18-5-6-19-17(14-18)4-3-9-26(19)2/h5-6,14,16H,3-4,7-13,15H2,1-2H3. The van der Waals surface area contributed by atoms with E-state index >= 15 is 0 Å². The molecule has 0 spiro atoms. The summed E-state index contributed by atoms with van der Waals surface area (Å²) < 4.78 is 2.31. The van der Waals surface area contributed by atoms with E-state index in [9.17, 15) is 4.79 Å². The van der Waals surface area contributed by atoms with Crippen LogP contribution in [-0.4, -0.2) is 70.7 Å². The summed E-state index contributed by atoms with van der Waals surface area (Å²) in [5, 5.41) is 8.94. The zero-order valence-electron chi connectivity index (χ0n) is 17.5. The maximum atomic E-state index is 13.1. The van der Waals surface area contributed by atoms with E-state index in [0.717, 1.165) is 82.2 Å². The monoisotopic (exact) mass is 394 g/mol. The SMILES string of the molecule is CN1CCn2c(nnc2C2CCN(C(=O)c3ccc4c(c3)CCCN4C)CC2)C1. The summed E-state index contributed by atoms with van der Waals surface area (Å²) in [7, 11) is 4.26. The van der Waals surface area contributed by atoms with Gasteiger partial charge in [0.15, 0.2) is 0 Å². The Hall–Kier alpha value is -2.41. The number of hydrogen-bond donors (Lipinski definition) is 0. The summed E-state index contributed by atoms with van der Waals surface area (Å²) in [5.74, 6) is 2.77. The molecule has 1 amide bonds. The van der Waals surface area contributed by atoms with Gasteiger partial charge < -0.3 is 14.4 Å². The van der Waals surface area contributed by atoms with E-state index < -0.39 is 0 Å². The number of carbonyl (C=O) groups is 1. The number of nitrogens with zero attached hydrogens (tertiary/aromatic N) is 6. The van der Waals surface area contributed by atoms with Crippen molar-refractivity contribution >= 4 is 11.6 Å². The lowest BCUT2D eigenvalue weighted by atomic mass is 9.94. The van der Waals surface area contributed by atoms with Crippen molar-refractivity contribution in [3.8, 4) is 0 Å². The highest BCUT2D eigenvalue weighted by Crippen LogP contribution is 2.31. The molecule has 3 aliphatic heterocycles. The second-order valence-electron chi connectivity index (χ2n) is 8.80. The molecule has 29 heavy (non-hydrogen) atoms. The van der Waals surface area contributed by atoms with Crippen LogP contribution >= 0.6 is 0 Å². The number of amides is 1. The van der Waals surface area contributed by atoms with Crippen LogP contribution in [0.25, 0.3) is 0 Å². The van der Waals surface area contributed by atoms with Gasteiger partial charge in [-0.05, 0) is 56.5 Å². The van der Waals surface area contributed by atoms with Gasteiger partial charge in [-0.15, -0.1) is 10.2 Å². The molecule has 1 fully saturated rings. The predicted octanol–water partition coefficient (Wildman–Crippen LogP) is 2.13. The number of piperidine rings is 1. The number of anilines is 1. The first-order valence-corrected chi connectivity index (χ1v) is 10.8. The van der Waals surface area contributed by atoms with Gasteiger partial charge in [-0.3, -0.25) is 9.69 Å². The van der Waals surface area contributed by atoms with Gasteiger partial charge in [0.2, 0.25) is 0 Å². The van der Waals surface area contributed by atoms with Crippen molar-refractivity contribution in [3.63, 3.8) is 0 Å². The number of aromatic nitrogens is 3. The van der Waals surface area contributed by atoms with Crippen LogP contribution in [0.4, 0.5) is 5.69 Å². The molecule has 1 aromatic heterocycles. The highest BCUT2D eigenvalue weighted by atomic mass is 16.2. The molecule has 0 aliphatic carbocycles. The van der Waals surface area contributed by atoms with Crippen molar-refractivity contribution < 1.29 is 4.79 Å². The van der Waals surface area contributed by atoms with Gasteiger partial charge >= 0.3 is 0 Å². The number of rotatable bonds is 2. The van der Waals surface area contributed by atoms with Gasteiger partial charge in [-0.1, -0.05) is 0 Å². The number of likely N-dealkylation sites (tertiary alicyclic amines) is 1. The molecule has 1 saturated heterocycles. The highest BCUT2D eigenvalue weighted by molar-refractivity contribution is 5.95. The normalized spacial score (nSPS) is 20.5. The molecule has 154 valence electrons. The van der Waals surface area contributed by atoms with Gasteiger partial charge in [0, 0.05) is 56.9 Å². The van der Waals surface area contributed by atoms with E-state index in [1.807, 2.05) is 11.0 Å². The minimum Gasteiger partial charge on any atom is -0.374 e. The van der Waals surface area contributed by atoms with Crippen molar-refractivity contribution in [1.82, 2.24) is 24.6 Å². The summed E-state index contributed by atoms with van der Waals surface area (Å²) in [6, 6.07) is 6.24. The topological polar surface area (TPSA) is 57.5 Å². The third-order valence-electron chi connectivity index (χ3n) is 6.80. The first-order valence-electron chi connectivity index (χ1n) is 10.8. The molecule has 0 unspecified atom stereocenters. The molecule has 0 bridgehead atoms. The molecule has 0 N–H and O–H groups in total. The summed E-state index contributed by atoms with van der Waals surface area (Å²) in [6.45, 7) is 5.57. The second-order valence-corrected chi connectivity index (χ2v) is 8.80. The van der Waals surface area contributed by atoms with Gasteiger partial charge in [0.05, 0.1) is 6.54 Å². The maximum Gasteiger partial charge on any atom is 0.253 e. The molecule has 1 aromatic carbocycles. The molecule has 7 heteroatoms. The van der Waals surface area contributed by atoms with Crippen molar-refractivity contribution in [2.24, 2.45) is 0 Å². The summed E-state index contributed by atoms with van der Waals surface area (Å²) >= 11 is 0. The number of benzene rings is 1. The molecule has 3 aliphatic rings. The number of fused-ring (bicyclic) bond motifs is 2. The third-order valence-corrected chi connectivity index (χ3v) is 6.80. The lowest BCUT2D eigenvalue weighted by Crippen LogP contribution is -2.39. The molecule has 0 saturated carbocycles. The average Bonchev–Trinajstić information content (AvgIpc) is 3.16. The lowest BCUT2D eigenvalue weighted by Gasteiger charge is -2.33. The Balaban J connectivity index is 1.26. The van der Waals surface area contributed by atoms with E-state index in [1.54, 1.807) is 0 Å². The number of carbonyl (C=O) groups excluding carboxylic acids is 1. The zero-order valence-corrected chi connectivity index (χ0v) is 17.5. The van der Waals surface area contributed by atoms with Crippen LogP contribution in [0.15, 0.2) is 18.2 Å². The quantitative estimate of drug-likeness (QED) is 0.781. The van der Waals surface area contributed by atoms with E-state index in [4.69, 9.17) is 0 Å². The Bertz CT molecular complexity index is 914. The van der Waals surface area contributed by atoms with E-state index in [2.05, 4.69) is 50.8 Å². The average molecular weight is 395 g/mol. The molecule has 2 aromatic rings. The molecule has 4 heterocycles. The minimum atomic E-state index is 0.171. The Labute approximate surface area is 172 Å². The molecule has 5 rings (SSSR count). The maximum absolute atomic E-state index is 13.1. The second kappa shape index (κ2) is 7.44. The summed E-state index contributed by atoms with van der Waals surface area (Å²) in [5.41, 5.74) is 3.41. The first-order chi connectivity index (χ1) is 14.1. The summed E-state index contributed by atoms with van der Waals surface area (Å²) in [6.07, 6.45) is 4.15. The highest BCUT2D eigenvalue weighted by Gasteiger charge is 2.30. The zero-order chi connectivity index (χ0) is 20.0. The number of likely N-dealkylation sites (N-methyl/N-ethyl adjacent to an activating group) is 1. The van der Waals surface area contributed by atoms with Gasteiger partial charge in [-0.25, -0.2) is 0 Å². The number of aryl methyl sites for hydroxylation is 1. The van der Waals surface area contributed by atoms with E-state index in [1.165, 1.54) is 11.3 Å². The molecule has 0 atom stereocenters. The third kappa shape index (κ3) is 3.41. The Morgan fingerprint density at radius 3 is 2.69 bits per heavy atom. The lowest BCUT2D eigenvalue weighted by molar-refractivity contribution is 0.0709. The Morgan fingerprint density at radius 1 is 1.03 bits per heavy atom. The first kappa shape index (κ1) is 18.6. The largest absolute Gasteiger partial charge is 0.374 e. The fourth-order valence-electron chi connectivity index (χ4n) is 5.04. The van der Waals surface area contributed by atoms with Crippen LogP contribution in [0, 0.1) is 0 Å².